The maximum Gasteiger partial charge on any atom is 0.264 e. The highest BCUT2D eigenvalue weighted by Crippen LogP contribution is 2.28. The van der Waals surface area contributed by atoms with E-state index < -0.39 is 28.5 Å². The second-order valence-electron chi connectivity index (χ2n) is 9.53. The van der Waals surface area contributed by atoms with E-state index in [1.807, 2.05) is 61.5 Å². The van der Waals surface area contributed by atoms with Crippen LogP contribution in [0.4, 0.5) is 5.69 Å². The molecule has 4 rings (SSSR count). The third kappa shape index (κ3) is 7.32. The van der Waals surface area contributed by atoms with Crippen molar-refractivity contribution in [1.29, 1.82) is 0 Å². The molecule has 8 nitrogen and oxygen atoms in total. The van der Waals surface area contributed by atoms with Gasteiger partial charge >= 0.3 is 0 Å². The molecule has 0 aliphatic heterocycles. The van der Waals surface area contributed by atoms with Crippen molar-refractivity contribution in [2.45, 2.75) is 31.3 Å². The van der Waals surface area contributed by atoms with Gasteiger partial charge in [-0.05, 0) is 67.9 Å². The number of carbonyl (C=O) groups excluding carboxylic acids is 2. The lowest BCUT2D eigenvalue weighted by Gasteiger charge is -2.32. The first-order valence-electron chi connectivity index (χ1n) is 13.2. The molecule has 0 fully saturated rings. The number of nitrogens with zero attached hydrogens (tertiary/aromatic N) is 2. The number of nitrogens with one attached hydrogen (secondary N) is 1. The van der Waals surface area contributed by atoms with Gasteiger partial charge in [0.25, 0.3) is 10.0 Å². The Morgan fingerprint density at radius 3 is 2.05 bits per heavy atom. The summed E-state index contributed by atoms with van der Waals surface area (Å²) in [5.41, 5.74) is 2.12. The second-order valence-corrected chi connectivity index (χ2v) is 11.4. The van der Waals surface area contributed by atoms with Crippen molar-refractivity contribution in [3.05, 3.63) is 120 Å². The molecule has 9 heteroatoms. The quantitative estimate of drug-likeness (QED) is 0.269. The molecule has 41 heavy (non-hydrogen) atoms. The summed E-state index contributed by atoms with van der Waals surface area (Å²) < 4.78 is 34.7. The van der Waals surface area contributed by atoms with Crippen LogP contribution in [0.5, 0.6) is 11.5 Å². The summed E-state index contributed by atoms with van der Waals surface area (Å²) in [4.78, 5) is 27.9. The number of carbonyl (C=O) groups is 2. The number of benzene rings is 4. The van der Waals surface area contributed by atoms with E-state index in [9.17, 15) is 18.0 Å². The minimum Gasteiger partial charge on any atom is -0.457 e. The minimum absolute atomic E-state index is 0.0435. The molecule has 0 heterocycles. The van der Waals surface area contributed by atoms with Gasteiger partial charge in [0.05, 0.1) is 10.6 Å². The number of aryl methyl sites for hydroxylation is 1. The van der Waals surface area contributed by atoms with Crippen molar-refractivity contribution in [3.8, 4) is 11.5 Å². The molecule has 4 aromatic rings. The van der Waals surface area contributed by atoms with Crippen LogP contribution in [-0.4, -0.2) is 44.8 Å². The molecule has 212 valence electrons. The molecule has 0 spiro atoms. The van der Waals surface area contributed by atoms with E-state index in [1.165, 1.54) is 24.1 Å². The lowest BCUT2D eigenvalue weighted by Crippen LogP contribution is -2.50. The summed E-state index contributed by atoms with van der Waals surface area (Å²) in [6, 6.07) is 30.4. The Labute approximate surface area is 241 Å². The number of hydrogen-bond acceptors (Lipinski definition) is 5. The second kappa shape index (κ2) is 13.1. The Hall–Kier alpha value is -4.63. The van der Waals surface area contributed by atoms with Gasteiger partial charge in [-0.3, -0.25) is 13.9 Å². The third-order valence-electron chi connectivity index (χ3n) is 6.56. The highest BCUT2D eigenvalue weighted by Gasteiger charge is 2.32. The summed E-state index contributed by atoms with van der Waals surface area (Å²) in [7, 11) is -2.64. The summed E-state index contributed by atoms with van der Waals surface area (Å²) in [5.74, 6) is 0.273. The number of para-hydroxylation sites is 1. The molecule has 0 aliphatic carbocycles. The number of likely N-dealkylation sites (N-methyl/N-ethyl adjacent to an activating group) is 1. The van der Waals surface area contributed by atoms with E-state index in [1.54, 1.807) is 49.4 Å². The Balaban J connectivity index is 1.69. The molecule has 0 bridgehead atoms. The lowest BCUT2D eigenvalue weighted by molar-refractivity contribution is -0.139. The Kier molecular flexibility index (Phi) is 9.41. The van der Waals surface area contributed by atoms with E-state index in [-0.39, 0.29) is 23.0 Å². The molecule has 1 atom stereocenters. The zero-order chi connectivity index (χ0) is 29.4. The highest BCUT2D eigenvalue weighted by atomic mass is 32.2. The molecule has 0 unspecified atom stereocenters. The number of ether oxygens (including phenoxy) is 1. The minimum atomic E-state index is -4.14. The van der Waals surface area contributed by atoms with E-state index in [0.717, 1.165) is 15.4 Å². The molecule has 4 aromatic carbocycles. The molecular formula is C32H33N3O5S. The first kappa shape index (κ1) is 29.4. The molecule has 0 aromatic heterocycles. The predicted molar refractivity (Wildman–Crippen MR) is 159 cm³/mol. The standard InChI is InChI=1S/C32H33N3O5S/c1-24-11-10-12-26(21-24)22-34(25(2)32(37)33-3)31(36)23-35(41(38,39)30-15-8-5-9-16-30)27-17-19-29(20-18-27)40-28-13-6-4-7-14-28/h4-21,25H,22-23H2,1-3H3,(H,33,37)/t25-/m0/s1. The van der Waals surface area contributed by atoms with E-state index in [2.05, 4.69) is 5.32 Å². The number of hydrogen-bond donors (Lipinski definition) is 1. The molecule has 1 N–H and O–H groups in total. The van der Waals surface area contributed by atoms with Crippen LogP contribution in [0.15, 0.2) is 114 Å². The number of sulfonamides is 1. The Bertz CT molecular complexity index is 1580. The van der Waals surface area contributed by atoms with Crippen molar-refractivity contribution in [1.82, 2.24) is 10.2 Å². The summed E-state index contributed by atoms with van der Waals surface area (Å²) in [5, 5.41) is 2.59. The van der Waals surface area contributed by atoms with Crippen LogP contribution >= 0.6 is 0 Å². The Morgan fingerprint density at radius 2 is 1.44 bits per heavy atom. The highest BCUT2D eigenvalue weighted by molar-refractivity contribution is 7.92. The van der Waals surface area contributed by atoms with Crippen LogP contribution in [0.1, 0.15) is 18.1 Å². The molecular weight excluding hydrogens is 538 g/mol. The van der Waals surface area contributed by atoms with Crippen LogP contribution in [-0.2, 0) is 26.2 Å². The van der Waals surface area contributed by atoms with Gasteiger partial charge < -0.3 is 15.0 Å². The number of anilines is 1. The maximum absolute atomic E-state index is 13.9. The van der Waals surface area contributed by atoms with E-state index in [0.29, 0.717) is 11.5 Å². The fourth-order valence-electron chi connectivity index (χ4n) is 4.35. The van der Waals surface area contributed by atoms with Crippen LogP contribution in [0.3, 0.4) is 0 Å². The van der Waals surface area contributed by atoms with E-state index in [4.69, 9.17) is 4.74 Å². The third-order valence-corrected chi connectivity index (χ3v) is 8.35. The molecule has 2 amide bonds. The zero-order valence-electron chi connectivity index (χ0n) is 23.2. The number of rotatable bonds is 11. The van der Waals surface area contributed by atoms with Crippen molar-refractivity contribution in [2.75, 3.05) is 17.9 Å². The summed E-state index contributed by atoms with van der Waals surface area (Å²) in [6.45, 7) is 3.19. The molecule has 0 radical (unpaired) electrons. The number of amides is 2. The van der Waals surface area contributed by atoms with Gasteiger partial charge in [-0.25, -0.2) is 8.42 Å². The van der Waals surface area contributed by atoms with Gasteiger partial charge in [-0.2, -0.15) is 0 Å². The monoisotopic (exact) mass is 571 g/mol. The fraction of sp³-hybridized carbons (Fsp3) is 0.188. The van der Waals surface area contributed by atoms with Gasteiger partial charge in [-0.15, -0.1) is 0 Å². The van der Waals surface area contributed by atoms with Gasteiger partial charge in [-0.1, -0.05) is 66.2 Å². The smallest absolute Gasteiger partial charge is 0.264 e. The van der Waals surface area contributed by atoms with Crippen LogP contribution in [0.25, 0.3) is 0 Å². The van der Waals surface area contributed by atoms with Crippen molar-refractivity contribution < 1.29 is 22.7 Å². The molecule has 0 saturated carbocycles. The molecule has 0 saturated heterocycles. The van der Waals surface area contributed by atoms with Crippen LogP contribution in [0.2, 0.25) is 0 Å². The van der Waals surface area contributed by atoms with Gasteiger partial charge in [0.2, 0.25) is 11.8 Å². The summed E-state index contributed by atoms with van der Waals surface area (Å²) in [6.07, 6.45) is 0. The van der Waals surface area contributed by atoms with Crippen molar-refractivity contribution in [3.63, 3.8) is 0 Å². The average molecular weight is 572 g/mol. The lowest BCUT2D eigenvalue weighted by atomic mass is 10.1. The Morgan fingerprint density at radius 1 is 0.829 bits per heavy atom. The summed E-state index contributed by atoms with van der Waals surface area (Å²) >= 11 is 0. The average Bonchev–Trinajstić information content (AvgIpc) is 2.99. The normalized spacial score (nSPS) is 11.8. The first-order valence-corrected chi connectivity index (χ1v) is 14.6. The first-order chi connectivity index (χ1) is 19.7. The predicted octanol–water partition coefficient (Wildman–Crippen LogP) is 5.15. The fourth-order valence-corrected chi connectivity index (χ4v) is 5.79. The maximum atomic E-state index is 13.9. The van der Waals surface area contributed by atoms with Gasteiger partial charge in [0, 0.05) is 13.6 Å². The van der Waals surface area contributed by atoms with Gasteiger partial charge in [0.1, 0.15) is 24.1 Å². The zero-order valence-corrected chi connectivity index (χ0v) is 24.0. The van der Waals surface area contributed by atoms with Gasteiger partial charge in [0.15, 0.2) is 0 Å². The van der Waals surface area contributed by atoms with Crippen LogP contribution in [0, 0.1) is 6.92 Å². The largest absolute Gasteiger partial charge is 0.457 e. The van der Waals surface area contributed by atoms with E-state index >= 15 is 0 Å². The SMILES string of the molecule is CNC(=O)[C@H](C)N(Cc1cccc(C)c1)C(=O)CN(c1ccc(Oc2ccccc2)cc1)S(=O)(=O)c1ccccc1. The van der Waals surface area contributed by atoms with Crippen molar-refractivity contribution >= 4 is 27.5 Å². The van der Waals surface area contributed by atoms with Crippen LogP contribution < -0.4 is 14.4 Å². The topological polar surface area (TPSA) is 96.0 Å². The molecule has 0 aliphatic rings. The van der Waals surface area contributed by atoms with Crippen molar-refractivity contribution in [2.24, 2.45) is 0 Å².